The van der Waals surface area contributed by atoms with Crippen LogP contribution in [0.25, 0.3) is 60.7 Å². The highest BCUT2D eigenvalue weighted by atomic mass is 32.2. The number of hydrogen-bond donors (Lipinski definition) is 2. The number of rotatable bonds is 18. The number of thiol groups is 1. The van der Waals surface area contributed by atoms with Gasteiger partial charge in [0, 0.05) is 103 Å². The molecule has 2 N–H and O–H groups in total. The number of benzene rings is 5. The fourth-order valence-corrected chi connectivity index (χ4v) is 34.0. The van der Waals surface area contributed by atoms with Gasteiger partial charge in [-0.15, -0.1) is 0 Å². The minimum atomic E-state index is -7.25. The fourth-order valence-electron chi connectivity index (χ4n) is 23.5. The molecule has 8 aromatic rings. The van der Waals surface area contributed by atoms with Gasteiger partial charge in [0.25, 0.3) is 30.3 Å². The number of sulfonamides is 1. The smallest absolute Gasteiger partial charge is 0.428 e. The molecule has 13 fully saturated rings. The lowest BCUT2D eigenvalue weighted by Crippen LogP contribution is -2.64. The van der Waals surface area contributed by atoms with Crippen molar-refractivity contribution in [2.75, 3.05) is 60.8 Å². The zero-order chi connectivity index (χ0) is 88.3. The van der Waals surface area contributed by atoms with Crippen molar-refractivity contribution in [3.8, 4) is 0 Å². The molecule has 0 spiro atoms. The van der Waals surface area contributed by atoms with E-state index in [-0.39, 0.29) is 56.5 Å². The number of fused-ring (bicyclic) bond motifs is 10. The van der Waals surface area contributed by atoms with E-state index in [4.69, 9.17) is 23.0 Å². The Labute approximate surface area is 731 Å². The normalized spacial score (nSPS) is 27.0. The Morgan fingerprint density at radius 1 is 0.556 bits per heavy atom. The molecule has 10 saturated carbocycles. The summed E-state index contributed by atoms with van der Waals surface area (Å²) >= 11 is 0. The number of aromatic nitrogens is 2. The van der Waals surface area contributed by atoms with E-state index in [9.17, 15) is 74.2 Å². The third kappa shape index (κ3) is 19.6. The predicted octanol–water partition coefficient (Wildman–Crippen LogP) is 18.6. The first-order valence-corrected chi connectivity index (χ1v) is 55.0. The minimum absolute atomic E-state index is 0.0130. The average Bonchev–Trinajstić information content (AvgIpc) is 1.02. The number of carbonyl (C=O) groups excluding carboxylic acids is 2. The average molecular weight is 1860 g/mol. The SMILES string of the molecule is CCn1c2c(c3cc(C)ccc31)=CC(C)=C[SH+]=2C1CCCC1.CCn1c2ccccc2c2cc([S+]3CCCC3)ccc21.O=C(CS(=O)(=O)O)OCC12CC3CC(CC(C3)C1)C2.O=C(OCCS(=O)(=O)O)C12CC3CC(CC(C3)C1)C2.O=S(=O)([O-])C(F)(F)C(F)(F)C(F)(F)S(=O)(=O)N1CCC2CCCCC2C1.c1ccc2c(c1)oc1ccc([S+]3CCCC3)cc12. The van der Waals surface area contributed by atoms with E-state index >= 15 is 0 Å². The van der Waals surface area contributed by atoms with Gasteiger partial charge in [0.2, 0.25) is 0 Å². The van der Waals surface area contributed by atoms with Crippen LogP contribution < -0.4 is 5.22 Å². The maximum atomic E-state index is 14.0. The number of piperidine rings is 1. The Bertz CT molecular complexity index is 5880. The number of alkyl halides is 6. The van der Waals surface area contributed by atoms with Crippen LogP contribution in [0, 0.1) is 69.7 Å². The molecule has 3 aromatic heterocycles. The van der Waals surface area contributed by atoms with E-state index < -0.39 is 87.4 Å². The summed E-state index contributed by atoms with van der Waals surface area (Å²) in [4.78, 5) is 26.8. The molecule has 7 heterocycles. The van der Waals surface area contributed by atoms with Crippen LogP contribution in [-0.2, 0) is 105 Å². The maximum Gasteiger partial charge on any atom is 0.428 e. The van der Waals surface area contributed by atoms with Gasteiger partial charge in [-0.05, 0) is 276 Å². The molecule has 3 saturated heterocycles. The zero-order valence-corrected chi connectivity index (χ0v) is 76.7. The van der Waals surface area contributed by atoms with Gasteiger partial charge in [-0.25, -0.2) is 16.8 Å². The molecular weight excluding hydrogens is 1740 g/mol. The van der Waals surface area contributed by atoms with Crippen molar-refractivity contribution in [1.82, 2.24) is 13.4 Å². The van der Waals surface area contributed by atoms with Gasteiger partial charge in [0.15, 0.2) is 30.3 Å². The Morgan fingerprint density at radius 2 is 1.06 bits per heavy atom. The highest BCUT2D eigenvalue weighted by Gasteiger charge is 2.81. The number of carbonyl (C=O) groups is 2. The van der Waals surface area contributed by atoms with Crippen LogP contribution in [0.4, 0.5) is 26.3 Å². The zero-order valence-electron chi connectivity index (χ0n) is 70.9. The molecule has 8 bridgehead atoms. The van der Waals surface area contributed by atoms with E-state index in [2.05, 4.69) is 139 Å². The van der Waals surface area contributed by atoms with Gasteiger partial charge in [0.1, 0.15) is 46.5 Å². The number of esters is 2. The maximum absolute atomic E-state index is 14.0. The molecule has 22 rings (SSSR count). The lowest BCUT2D eigenvalue weighted by Gasteiger charge is -2.56. The number of ether oxygens (including phenoxy) is 2. The Balaban J connectivity index is 0.000000116. The van der Waals surface area contributed by atoms with Gasteiger partial charge in [-0.2, -0.15) is 47.5 Å². The largest absolute Gasteiger partial charge is 0.743 e. The molecule has 5 aromatic carbocycles. The molecule has 0 radical (unpaired) electrons. The monoisotopic (exact) mass is 1860 g/mol. The summed E-state index contributed by atoms with van der Waals surface area (Å²) < 4.78 is 219. The lowest BCUT2D eigenvalue weighted by atomic mass is 9.49. The minimum Gasteiger partial charge on any atom is -0.743 e. The summed E-state index contributed by atoms with van der Waals surface area (Å²) in [5.41, 5.74) is 8.79. The highest BCUT2D eigenvalue weighted by Crippen LogP contribution is 2.62. The summed E-state index contributed by atoms with van der Waals surface area (Å²) in [5, 5.41) is -1.40. The van der Waals surface area contributed by atoms with Gasteiger partial charge >= 0.3 is 28.4 Å². The number of para-hydroxylation sites is 2. The van der Waals surface area contributed by atoms with Crippen molar-refractivity contribution in [3.63, 3.8) is 0 Å². The first-order valence-electron chi connectivity index (χ1n) is 44.3. The second kappa shape index (κ2) is 37.1. The number of halogens is 6. The summed E-state index contributed by atoms with van der Waals surface area (Å²) in [6.45, 7) is 10.1. The standard InChI is InChI=1S/C20H25NS.C18H20NS.C16H15OS.2C13H20O5S.C12H17F6NO5S2/c1-4-21-19-10-9-14(2)11-17(19)18-12-15(3)13-22(20(18)21)16-7-5-6-8-16;1-2-19-17-8-4-3-7-15(17)16-13-14(9-10-18(16)19)20-11-5-6-12-20;1-2-6-15-13(5-1)14-11-12(7-8-16(14)17-15)18-9-3-4-10-18;14-12(7-19(15,16)17)18-8-13-4-9-1-10(5-13)3-11(2-9)6-13;14-12(18-1-2-19(15,16)17)13-6-9-3-10(7-13)5-11(4-9)8-13;13-10(14,12(17,18)26(22,23)24)11(15,16)25(20,21)19-6-5-8-3-1-2-4-9(8)7-19/h9-13,16H,4-8H2,1-3H3;3-4,7-10,13H,2,5-6,11-12H2,1H3;1-2,5-8,11H,3-4,9-10H2;2*9-11H,1-8H2,(H,15,16,17);8-9H,1-7H2,(H,22,23,24)/q;2*+1;;;. The van der Waals surface area contributed by atoms with Gasteiger partial charge < -0.3 is 27.6 Å². The Kier molecular flexibility index (Phi) is 27.8. The molecule has 4 aliphatic heterocycles. The molecule has 32 heteroatoms. The van der Waals surface area contributed by atoms with Crippen LogP contribution in [0.1, 0.15) is 187 Å². The lowest BCUT2D eigenvalue weighted by molar-refractivity contribution is -0.247. The quantitative estimate of drug-likeness (QED) is 0.0202. The summed E-state index contributed by atoms with van der Waals surface area (Å²) in [6, 6.07) is 38.1. The van der Waals surface area contributed by atoms with Crippen molar-refractivity contribution in [2.45, 2.75) is 233 Å². The van der Waals surface area contributed by atoms with Crippen LogP contribution >= 0.6 is 0 Å². The molecule has 678 valence electrons. The summed E-state index contributed by atoms with van der Waals surface area (Å²) in [7, 11) is -21.1. The molecule has 19 nitrogen and oxygen atoms in total. The molecule has 3 unspecified atom stereocenters. The van der Waals surface area contributed by atoms with Crippen molar-refractivity contribution in [1.29, 1.82) is 0 Å². The van der Waals surface area contributed by atoms with Crippen molar-refractivity contribution in [2.24, 2.45) is 58.2 Å². The molecule has 124 heavy (non-hydrogen) atoms. The van der Waals surface area contributed by atoms with Gasteiger partial charge in [-0.3, -0.25) is 18.7 Å². The van der Waals surface area contributed by atoms with Crippen LogP contribution in [0.5, 0.6) is 0 Å². The Morgan fingerprint density at radius 3 is 1.64 bits per heavy atom. The number of allylic oxidation sites excluding steroid dienone is 1. The number of hydrogen-bond acceptors (Lipinski definition) is 14. The van der Waals surface area contributed by atoms with Crippen molar-refractivity contribution >= 4 is 145 Å². The van der Waals surface area contributed by atoms with E-state index in [1.165, 1.54) is 178 Å². The van der Waals surface area contributed by atoms with E-state index in [0.29, 0.717) is 59.0 Å². The first kappa shape index (κ1) is 92.8. The van der Waals surface area contributed by atoms with E-state index in [1.54, 1.807) is 9.54 Å². The third-order valence-electron chi connectivity index (χ3n) is 28.4. The van der Waals surface area contributed by atoms with E-state index in [0.717, 1.165) is 98.6 Å². The highest BCUT2D eigenvalue weighted by molar-refractivity contribution is 7.97. The fraction of sp³-hybridized carbons (Fsp3) is 0.598. The van der Waals surface area contributed by atoms with Gasteiger partial charge in [0.05, 0.1) is 33.4 Å². The molecule has 3 atom stereocenters. The second-order valence-electron chi connectivity index (χ2n) is 37.2. The van der Waals surface area contributed by atoms with Crippen LogP contribution in [-0.4, -0.2) is 155 Å². The molecule has 0 amide bonds. The van der Waals surface area contributed by atoms with Crippen LogP contribution in [0.3, 0.4) is 0 Å². The Hall–Kier alpha value is -5.94. The first-order chi connectivity index (χ1) is 58.8. The van der Waals surface area contributed by atoms with Gasteiger partial charge in [-0.1, -0.05) is 77.8 Å². The third-order valence-corrected chi connectivity index (χ3v) is 40.4. The number of nitrogens with zero attached hydrogens (tertiary/aromatic N) is 3. The summed E-state index contributed by atoms with van der Waals surface area (Å²) in [5.74, 6) is 0.0126. The van der Waals surface area contributed by atoms with Crippen LogP contribution in [0.2, 0.25) is 0 Å². The second-order valence-corrected chi connectivity index (χ2v) is 50.4. The molecule has 14 aliphatic rings. The number of aryl methyl sites for hydroxylation is 3. The topological polar surface area (TPSA) is 279 Å². The van der Waals surface area contributed by atoms with Crippen molar-refractivity contribution < 1.29 is 97.2 Å². The molecular formula is C92H117F6N3O16S7+2. The van der Waals surface area contributed by atoms with E-state index in [1.807, 2.05) is 12.1 Å². The van der Waals surface area contributed by atoms with Crippen LogP contribution in [0.15, 0.2) is 128 Å². The molecule has 10 aliphatic carbocycles. The summed E-state index contributed by atoms with van der Waals surface area (Å²) in [6.07, 6.45) is 30.4. The van der Waals surface area contributed by atoms with Crippen molar-refractivity contribution in [3.05, 3.63) is 130 Å². The predicted molar refractivity (Wildman–Crippen MR) is 479 cm³/mol. The number of furan rings is 1.